The number of hydrogen-bond donors (Lipinski definition) is 2. The quantitative estimate of drug-likeness (QED) is 0.573. The second kappa shape index (κ2) is 9.42. The SMILES string of the molecule is CN=C(NCCc1nc(C)c(C)s1)NCC1(N2CCSCC2)CCCC1. The molecule has 0 spiro atoms. The number of thioether (sulfide) groups is 1. The topological polar surface area (TPSA) is 52.6 Å². The summed E-state index contributed by atoms with van der Waals surface area (Å²) in [6, 6.07) is 0. The Kier molecular flexibility index (Phi) is 7.23. The van der Waals surface area contributed by atoms with E-state index in [0.717, 1.165) is 31.2 Å². The molecule has 3 rings (SSSR count). The molecule has 0 atom stereocenters. The number of thiazole rings is 1. The zero-order valence-electron chi connectivity index (χ0n) is 16.4. The molecule has 0 unspecified atom stereocenters. The van der Waals surface area contributed by atoms with E-state index in [1.54, 1.807) is 11.3 Å². The Bertz CT molecular complexity index is 582. The molecule has 7 heteroatoms. The lowest BCUT2D eigenvalue weighted by molar-refractivity contribution is 0.107. The molecule has 5 nitrogen and oxygen atoms in total. The minimum Gasteiger partial charge on any atom is -0.356 e. The van der Waals surface area contributed by atoms with Gasteiger partial charge in [0.05, 0.1) is 10.7 Å². The fourth-order valence-electron chi connectivity index (χ4n) is 4.08. The monoisotopic (exact) mass is 395 g/mol. The van der Waals surface area contributed by atoms with E-state index in [1.807, 2.05) is 7.05 Å². The van der Waals surface area contributed by atoms with Crippen molar-refractivity contribution in [1.82, 2.24) is 20.5 Å². The van der Waals surface area contributed by atoms with Crippen LogP contribution in [0.3, 0.4) is 0 Å². The summed E-state index contributed by atoms with van der Waals surface area (Å²) in [5.74, 6) is 3.48. The third-order valence-corrected chi connectivity index (χ3v) is 7.80. The molecule has 2 N–H and O–H groups in total. The fraction of sp³-hybridized carbons (Fsp3) is 0.789. The number of guanidine groups is 1. The van der Waals surface area contributed by atoms with Gasteiger partial charge < -0.3 is 10.6 Å². The summed E-state index contributed by atoms with van der Waals surface area (Å²) in [5.41, 5.74) is 1.50. The minimum atomic E-state index is 0.335. The maximum atomic E-state index is 4.62. The van der Waals surface area contributed by atoms with Crippen molar-refractivity contribution in [3.05, 3.63) is 15.6 Å². The van der Waals surface area contributed by atoms with Gasteiger partial charge >= 0.3 is 0 Å². The standard InChI is InChI=1S/C19H33N5S2/c1-15-16(2)26-17(23-15)6-9-21-18(20-3)22-14-19(7-4-5-8-19)24-10-12-25-13-11-24/h4-14H2,1-3H3,(H2,20,21,22). The lowest BCUT2D eigenvalue weighted by atomic mass is 9.94. The Morgan fingerprint density at radius 2 is 1.92 bits per heavy atom. The van der Waals surface area contributed by atoms with Crippen LogP contribution >= 0.6 is 23.1 Å². The minimum absolute atomic E-state index is 0.335. The van der Waals surface area contributed by atoms with E-state index < -0.39 is 0 Å². The van der Waals surface area contributed by atoms with Gasteiger partial charge in [-0.05, 0) is 26.7 Å². The van der Waals surface area contributed by atoms with Crippen LogP contribution in [0.15, 0.2) is 4.99 Å². The Morgan fingerprint density at radius 3 is 2.54 bits per heavy atom. The fourth-order valence-corrected chi connectivity index (χ4v) is 5.91. The average molecular weight is 396 g/mol. The molecule has 0 aromatic carbocycles. The third-order valence-electron chi connectivity index (χ3n) is 5.73. The van der Waals surface area contributed by atoms with E-state index in [1.165, 1.54) is 60.2 Å². The lowest BCUT2D eigenvalue weighted by Crippen LogP contribution is -2.57. The average Bonchev–Trinajstić information content (AvgIpc) is 3.26. The maximum Gasteiger partial charge on any atom is 0.191 e. The predicted molar refractivity (Wildman–Crippen MR) is 115 cm³/mol. The van der Waals surface area contributed by atoms with E-state index in [0.29, 0.717) is 5.54 Å². The number of hydrogen-bond acceptors (Lipinski definition) is 5. The Hall–Kier alpha value is -0.790. The normalized spacial score (nSPS) is 21.1. The highest BCUT2D eigenvalue weighted by Crippen LogP contribution is 2.36. The van der Waals surface area contributed by atoms with Crippen LogP contribution in [0.25, 0.3) is 0 Å². The molecule has 26 heavy (non-hydrogen) atoms. The molecular weight excluding hydrogens is 362 g/mol. The molecule has 2 fully saturated rings. The number of aromatic nitrogens is 1. The molecule has 0 radical (unpaired) electrons. The van der Waals surface area contributed by atoms with Crippen molar-refractivity contribution in [2.45, 2.75) is 51.5 Å². The van der Waals surface area contributed by atoms with Crippen LogP contribution in [0, 0.1) is 13.8 Å². The Labute approximate surface area is 166 Å². The van der Waals surface area contributed by atoms with Gasteiger partial charge in [0.1, 0.15) is 0 Å². The van der Waals surface area contributed by atoms with Crippen LogP contribution in [0.4, 0.5) is 0 Å². The smallest absolute Gasteiger partial charge is 0.191 e. The zero-order valence-corrected chi connectivity index (χ0v) is 18.1. The van der Waals surface area contributed by atoms with Crippen LogP contribution < -0.4 is 10.6 Å². The number of rotatable bonds is 6. The van der Waals surface area contributed by atoms with Gasteiger partial charge in [-0.2, -0.15) is 11.8 Å². The van der Waals surface area contributed by atoms with E-state index >= 15 is 0 Å². The van der Waals surface area contributed by atoms with Gasteiger partial charge in [0.15, 0.2) is 5.96 Å². The number of nitrogens with one attached hydrogen (secondary N) is 2. The first kappa shape index (κ1) is 20.0. The molecule has 1 aliphatic carbocycles. The molecule has 1 aromatic rings. The zero-order chi connectivity index (χ0) is 18.4. The number of nitrogens with zero attached hydrogens (tertiary/aromatic N) is 3. The van der Waals surface area contributed by atoms with E-state index in [9.17, 15) is 0 Å². The van der Waals surface area contributed by atoms with E-state index in [-0.39, 0.29) is 0 Å². The summed E-state index contributed by atoms with van der Waals surface area (Å²) >= 11 is 3.90. The first-order chi connectivity index (χ1) is 12.6. The highest BCUT2D eigenvalue weighted by atomic mass is 32.2. The van der Waals surface area contributed by atoms with Crippen molar-refractivity contribution >= 4 is 29.1 Å². The van der Waals surface area contributed by atoms with Crippen molar-refractivity contribution < 1.29 is 0 Å². The van der Waals surface area contributed by atoms with Crippen molar-refractivity contribution in [3.8, 4) is 0 Å². The van der Waals surface area contributed by atoms with Gasteiger partial charge in [0.2, 0.25) is 0 Å². The lowest BCUT2D eigenvalue weighted by Gasteiger charge is -2.43. The number of aryl methyl sites for hydroxylation is 2. The van der Waals surface area contributed by atoms with Crippen LogP contribution in [-0.4, -0.2) is 66.1 Å². The van der Waals surface area contributed by atoms with E-state index in [2.05, 4.69) is 51.1 Å². The highest BCUT2D eigenvalue weighted by molar-refractivity contribution is 7.99. The van der Waals surface area contributed by atoms with Crippen LogP contribution in [0.5, 0.6) is 0 Å². The van der Waals surface area contributed by atoms with E-state index in [4.69, 9.17) is 0 Å². The summed E-state index contributed by atoms with van der Waals surface area (Å²) in [4.78, 5) is 13.1. The molecule has 2 aliphatic rings. The molecule has 1 saturated carbocycles. The summed E-state index contributed by atoms with van der Waals surface area (Å²) in [6.07, 6.45) is 6.31. The first-order valence-corrected chi connectivity index (χ1v) is 11.8. The van der Waals surface area contributed by atoms with Crippen LogP contribution in [-0.2, 0) is 6.42 Å². The van der Waals surface area contributed by atoms with Gasteiger partial charge in [-0.25, -0.2) is 4.98 Å². The van der Waals surface area contributed by atoms with Crippen molar-refractivity contribution in [2.24, 2.45) is 4.99 Å². The molecule has 1 saturated heterocycles. The Balaban J connectivity index is 1.49. The van der Waals surface area contributed by atoms with Gasteiger partial charge in [0.25, 0.3) is 0 Å². The molecular formula is C19H33N5S2. The molecule has 2 heterocycles. The third kappa shape index (κ3) is 4.93. The van der Waals surface area contributed by atoms with Crippen LogP contribution in [0.2, 0.25) is 0 Å². The summed E-state index contributed by atoms with van der Waals surface area (Å²) in [5, 5.41) is 8.31. The number of aliphatic imine (C=N–C) groups is 1. The van der Waals surface area contributed by atoms with Gasteiger partial charge in [0, 0.05) is 61.6 Å². The predicted octanol–water partition coefficient (Wildman–Crippen LogP) is 2.83. The summed E-state index contributed by atoms with van der Waals surface area (Å²) in [6.45, 7) is 8.59. The summed E-state index contributed by atoms with van der Waals surface area (Å²) in [7, 11) is 1.87. The molecule has 146 valence electrons. The molecule has 1 aromatic heterocycles. The Morgan fingerprint density at radius 1 is 1.19 bits per heavy atom. The van der Waals surface area contributed by atoms with Crippen molar-refractivity contribution in [2.75, 3.05) is 44.7 Å². The second-order valence-corrected chi connectivity index (χ2v) is 9.90. The van der Waals surface area contributed by atoms with Gasteiger partial charge in [-0.15, -0.1) is 11.3 Å². The molecule has 0 amide bonds. The highest BCUT2D eigenvalue weighted by Gasteiger charge is 2.39. The second-order valence-electron chi connectivity index (χ2n) is 7.38. The molecule has 1 aliphatic heterocycles. The van der Waals surface area contributed by atoms with Crippen LogP contribution in [0.1, 0.15) is 41.3 Å². The maximum absolute atomic E-state index is 4.62. The summed E-state index contributed by atoms with van der Waals surface area (Å²) < 4.78 is 0. The van der Waals surface area contributed by atoms with Crippen molar-refractivity contribution in [1.29, 1.82) is 0 Å². The van der Waals surface area contributed by atoms with Crippen molar-refractivity contribution in [3.63, 3.8) is 0 Å². The first-order valence-electron chi connectivity index (χ1n) is 9.83. The molecule has 0 bridgehead atoms. The van der Waals surface area contributed by atoms with Gasteiger partial charge in [-0.3, -0.25) is 9.89 Å². The largest absolute Gasteiger partial charge is 0.356 e. The van der Waals surface area contributed by atoms with Gasteiger partial charge in [-0.1, -0.05) is 12.8 Å².